The van der Waals surface area contributed by atoms with Crippen LogP contribution in [-0.2, 0) is 25.8 Å². The zero-order valence-corrected chi connectivity index (χ0v) is 17.1. The molecule has 1 saturated heterocycles. The molecule has 0 saturated carbocycles. The fraction of sp³-hybridized carbons (Fsp3) is 0.444. The lowest BCUT2D eigenvalue weighted by molar-refractivity contribution is -0.137. The van der Waals surface area contributed by atoms with Crippen LogP contribution in [-0.4, -0.2) is 53.5 Å². The molecule has 2 aliphatic heterocycles. The summed E-state index contributed by atoms with van der Waals surface area (Å²) in [6.07, 6.45) is 1.26. The number of amides is 2. The van der Waals surface area contributed by atoms with Gasteiger partial charge in [0, 0.05) is 0 Å². The molecule has 0 radical (unpaired) electrons. The Morgan fingerprint density at radius 1 is 1.39 bits per heavy atom. The van der Waals surface area contributed by atoms with Crippen molar-refractivity contribution in [1.82, 2.24) is 9.99 Å². The van der Waals surface area contributed by atoms with Crippen LogP contribution in [0.15, 0.2) is 23.3 Å². The molecule has 3 heterocycles. The van der Waals surface area contributed by atoms with Gasteiger partial charge in [0.25, 0.3) is 5.91 Å². The molecular formula is C18H20N4O4S2. The van der Waals surface area contributed by atoms with Gasteiger partial charge in [0.15, 0.2) is 20.9 Å². The van der Waals surface area contributed by atoms with Crippen LogP contribution >= 0.6 is 11.3 Å². The minimum atomic E-state index is -3.15. The standard InChI is InChI=1S/C18H20N4O4S2/c1-3-11-4-5-13-14(8-11)27-18(19-13)20-16(23)15-10(2)21-22(17(15)24)12-6-7-28(25,26)9-12/h4-5,8,12,15H,3,6-7,9H2,1-2H3,(H,19,20,23)/t12-,15-/m1/s1. The number of sulfone groups is 1. The summed E-state index contributed by atoms with van der Waals surface area (Å²) >= 11 is 1.36. The van der Waals surface area contributed by atoms with Crippen LogP contribution in [0.5, 0.6) is 0 Å². The minimum Gasteiger partial charge on any atom is -0.301 e. The average molecular weight is 421 g/mol. The van der Waals surface area contributed by atoms with E-state index in [1.54, 1.807) is 6.92 Å². The number of benzene rings is 1. The molecule has 0 unspecified atom stereocenters. The van der Waals surface area contributed by atoms with Gasteiger partial charge in [-0.3, -0.25) is 9.59 Å². The van der Waals surface area contributed by atoms with Crippen LogP contribution in [0.2, 0.25) is 0 Å². The number of aryl methyl sites for hydroxylation is 1. The number of rotatable bonds is 4. The molecule has 2 aliphatic rings. The number of fused-ring (bicyclic) bond motifs is 1. The van der Waals surface area contributed by atoms with Crippen molar-refractivity contribution in [3.8, 4) is 0 Å². The van der Waals surface area contributed by atoms with Gasteiger partial charge < -0.3 is 5.32 Å². The third-order valence-corrected chi connectivity index (χ3v) is 7.75. The topological polar surface area (TPSA) is 109 Å². The lowest BCUT2D eigenvalue weighted by atomic mass is 10.0. The van der Waals surface area contributed by atoms with Gasteiger partial charge in [0.1, 0.15) is 0 Å². The molecular weight excluding hydrogens is 400 g/mol. The lowest BCUT2D eigenvalue weighted by Gasteiger charge is -2.19. The van der Waals surface area contributed by atoms with E-state index >= 15 is 0 Å². The van der Waals surface area contributed by atoms with E-state index in [1.807, 2.05) is 18.2 Å². The molecule has 1 aromatic carbocycles. The van der Waals surface area contributed by atoms with Gasteiger partial charge in [-0.25, -0.2) is 18.4 Å². The second kappa shape index (κ2) is 6.93. The molecule has 0 spiro atoms. The normalized spacial score (nSPS) is 24.0. The second-order valence-corrected chi connectivity index (χ2v) is 10.3. The summed E-state index contributed by atoms with van der Waals surface area (Å²) in [5.41, 5.74) is 2.34. The first-order chi connectivity index (χ1) is 13.3. The van der Waals surface area contributed by atoms with Gasteiger partial charge in [-0.2, -0.15) is 5.10 Å². The third-order valence-electron chi connectivity index (χ3n) is 5.06. The smallest absolute Gasteiger partial charge is 0.261 e. The Kier molecular flexibility index (Phi) is 4.70. The maximum atomic E-state index is 12.7. The summed E-state index contributed by atoms with van der Waals surface area (Å²) in [6, 6.07) is 5.45. The van der Waals surface area contributed by atoms with Crippen LogP contribution in [0.4, 0.5) is 5.13 Å². The molecule has 10 heteroatoms. The first-order valence-electron chi connectivity index (χ1n) is 9.06. The van der Waals surface area contributed by atoms with Gasteiger partial charge in [-0.15, -0.1) is 0 Å². The highest BCUT2D eigenvalue weighted by Crippen LogP contribution is 2.29. The molecule has 148 valence electrons. The number of hydrogen-bond donors (Lipinski definition) is 1. The van der Waals surface area contributed by atoms with Crippen molar-refractivity contribution in [3.05, 3.63) is 23.8 Å². The van der Waals surface area contributed by atoms with Crippen molar-refractivity contribution in [1.29, 1.82) is 0 Å². The van der Waals surface area contributed by atoms with Crippen LogP contribution < -0.4 is 5.32 Å². The van der Waals surface area contributed by atoms with E-state index < -0.39 is 33.6 Å². The summed E-state index contributed by atoms with van der Waals surface area (Å²) in [5.74, 6) is -2.10. The van der Waals surface area contributed by atoms with Gasteiger partial charge >= 0.3 is 0 Å². The molecule has 4 rings (SSSR count). The number of thiazole rings is 1. The van der Waals surface area contributed by atoms with Crippen molar-refractivity contribution in [2.75, 3.05) is 16.8 Å². The van der Waals surface area contributed by atoms with Crippen LogP contribution in [0.25, 0.3) is 10.2 Å². The number of nitrogens with one attached hydrogen (secondary N) is 1. The summed E-state index contributed by atoms with van der Waals surface area (Å²) in [4.78, 5) is 29.9. The van der Waals surface area contributed by atoms with E-state index in [1.165, 1.54) is 21.9 Å². The highest BCUT2D eigenvalue weighted by Gasteiger charge is 2.45. The quantitative estimate of drug-likeness (QED) is 0.759. The van der Waals surface area contributed by atoms with Crippen LogP contribution in [0.3, 0.4) is 0 Å². The molecule has 1 fully saturated rings. The summed E-state index contributed by atoms with van der Waals surface area (Å²) in [6.45, 7) is 3.68. The molecule has 1 aromatic heterocycles. The van der Waals surface area contributed by atoms with Gasteiger partial charge in [0.05, 0.1) is 33.5 Å². The summed E-state index contributed by atoms with van der Waals surface area (Å²) < 4.78 is 24.4. The fourth-order valence-electron chi connectivity index (χ4n) is 3.54. The Bertz CT molecular complexity index is 1110. The van der Waals surface area contributed by atoms with E-state index in [2.05, 4.69) is 22.3 Å². The second-order valence-electron chi connectivity index (χ2n) is 7.08. The monoisotopic (exact) mass is 420 g/mol. The molecule has 2 aromatic rings. The highest BCUT2D eigenvalue weighted by molar-refractivity contribution is 7.91. The molecule has 2 atom stereocenters. The number of carbonyl (C=O) groups excluding carboxylic acids is 2. The maximum absolute atomic E-state index is 12.7. The Balaban J connectivity index is 1.51. The predicted octanol–water partition coefficient (Wildman–Crippen LogP) is 1.82. The number of anilines is 1. The van der Waals surface area contributed by atoms with E-state index in [0.717, 1.165) is 16.6 Å². The molecule has 28 heavy (non-hydrogen) atoms. The zero-order chi connectivity index (χ0) is 20.1. The number of hydrazone groups is 1. The van der Waals surface area contributed by atoms with Crippen molar-refractivity contribution in [2.45, 2.75) is 32.7 Å². The van der Waals surface area contributed by atoms with Crippen LogP contribution in [0.1, 0.15) is 25.8 Å². The molecule has 1 N–H and O–H groups in total. The molecule has 0 aliphatic carbocycles. The Morgan fingerprint density at radius 2 is 2.18 bits per heavy atom. The fourth-order valence-corrected chi connectivity index (χ4v) is 6.16. The lowest BCUT2D eigenvalue weighted by Crippen LogP contribution is -2.40. The highest BCUT2D eigenvalue weighted by atomic mass is 32.2. The van der Waals surface area contributed by atoms with Crippen molar-refractivity contribution in [2.24, 2.45) is 11.0 Å². The van der Waals surface area contributed by atoms with Gasteiger partial charge in [-0.05, 0) is 37.5 Å². The first-order valence-corrected chi connectivity index (χ1v) is 11.7. The molecule has 8 nitrogen and oxygen atoms in total. The molecule has 2 amide bonds. The van der Waals surface area contributed by atoms with E-state index in [0.29, 0.717) is 17.3 Å². The zero-order valence-electron chi connectivity index (χ0n) is 15.5. The number of hydrogen-bond acceptors (Lipinski definition) is 7. The Labute approximate surface area is 166 Å². The van der Waals surface area contributed by atoms with Gasteiger partial charge in [0.2, 0.25) is 5.91 Å². The third kappa shape index (κ3) is 3.42. The van der Waals surface area contributed by atoms with Crippen molar-refractivity contribution < 1.29 is 18.0 Å². The number of nitrogens with zero attached hydrogens (tertiary/aromatic N) is 3. The van der Waals surface area contributed by atoms with E-state index in [-0.39, 0.29) is 11.5 Å². The first kappa shape index (κ1) is 19.0. The molecule has 0 bridgehead atoms. The van der Waals surface area contributed by atoms with Crippen LogP contribution in [0, 0.1) is 5.92 Å². The summed E-state index contributed by atoms with van der Waals surface area (Å²) in [5, 5.41) is 8.51. The number of carbonyl (C=O) groups is 2. The predicted molar refractivity (Wildman–Crippen MR) is 108 cm³/mol. The van der Waals surface area contributed by atoms with E-state index in [4.69, 9.17) is 0 Å². The van der Waals surface area contributed by atoms with Crippen molar-refractivity contribution in [3.63, 3.8) is 0 Å². The average Bonchev–Trinajstić information content (AvgIpc) is 3.28. The largest absolute Gasteiger partial charge is 0.301 e. The summed E-state index contributed by atoms with van der Waals surface area (Å²) in [7, 11) is -3.15. The Morgan fingerprint density at radius 3 is 2.86 bits per heavy atom. The number of aromatic nitrogens is 1. The SMILES string of the molecule is CCc1ccc2nc(NC(=O)[C@@H]3C(=O)N([C@@H]4CCS(=O)(=O)C4)N=C3C)sc2c1. The Hall–Kier alpha value is -2.33. The minimum absolute atomic E-state index is 0.0400. The maximum Gasteiger partial charge on any atom is 0.261 e. The van der Waals surface area contributed by atoms with Gasteiger partial charge in [-0.1, -0.05) is 24.3 Å². The van der Waals surface area contributed by atoms with Crippen molar-refractivity contribution >= 4 is 54.0 Å². The van der Waals surface area contributed by atoms with E-state index in [9.17, 15) is 18.0 Å².